The van der Waals surface area contributed by atoms with E-state index < -0.39 is 36.7 Å². The van der Waals surface area contributed by atoms with Crippen molar-refractivity contribution in [3.8, 4) is 0 Å². The van der Waals surface area contributed by atoms with Crippen LogP contribution in [0.15, 0.2) is 0 Å². The van der Waals surface area contributed by atoms with E-state index in [0.717, 1.165) is 12.8 Å². The van der Waals surface area contributed by atoms with E-state index in [0.29, 0.717) is 11.7 Å². The second-order valence-corrected chi connectivity index (χ2v) is 8.64. The lowest BCUT2D eigenvalue weighted by atomic mass is 9.97. The first-order valence-electron chi connectivity index (χ1n) is 7.77. The smallest absolute Gasteiger partial charge is 0.306 e. The first-order chi connectivity index (χ1) is 11.0. The molecule has 0 spiro atoms. The molecule has 0 saturated carbocycles. The van der Waals surface area contributed by atoms with Crippen molar-refractivity contribution in [1.82, 2.24) is 0 Å². The van der Waals surface area contributed by atoms with Crippen LogP contribution in [-0.2, 0) is 14.3 Å². The Bertz CT molecular complexity index is 391. The van der Waals surface area contributed by atoms with Gasteiger partial charge in [-0.25, -0.2) is 0 Å². The van der Waals surface area contributed by atoms with Crippen molar-refractivity contribution in [3.05, 3.63) is 0 Å². The standard InChI is InChI=1S/C14H24O7S2/c15-8-14(19)13(18)12(17)10(7-20-14)21-11(16)4-2-1-3-9-5-6-22-23-9/h9-10,12-13,15,17-19H,1-8H2. The van der Waals surface area contributed by atoms with E-state index in [-0.39, 0.29) is 13.0 Å². The summed E-state index contributed by atoms with van der Waals surface area (Å²) in [6, 6.07) is 0. The van der Waals surface area contributed by atoms with Crippen LogP contribution in [0, 0.1) is 0 Å². The number of esters is 1. The van der Waals surface area contributed by atoms with Gasteiger partial charge in [-0.15, -0.1) is 0 Å². The molecule has 4 N–H and O–H groups in total. The van der Waals surface area contributed by atoms with Crippen molar-refractivity contribution in [1.29, 1.82) is 0 Å². The molecule has 5 atom stereocenters. The lowest BCUT2D eigenvalue weighted by Crippen LogP contribution is -2.63. The van der Waals surface area contributed by atoms with Gasteiger partial charge in [0.1, 0.15) is 12.2 Å². The van der Waals surface area contributed by atoms with E-state index in [1.54, 1.807) is 0 Å². The second-order valence-electron chi connectivity index (χ2n) is 5.85. The van der Waals surface area contributed by atoms with Crippen LogP contribution in [-0.4, -0.2) is 74.7 Å². The maximum Gasteiger partial charge on any atom is 0.306 e. The Morgan fingerprint density at radius 1 is 1.35 bits per heavy atom. The van der Waals surface area contributed by atoms with Crippen molar-refractivity contribution in [2.75, 3.05) is 19.0 Å². The maximum absolute atomic E-state index is 11.8. The van der Waals surface area contributed by atoms with E-state index in [9.17, 15) is 20.1 Å². The van der Waals surface area contributed by atoms with Gasteiger partial charge in [-0.1, -0.05) is 28.0 Å². The molecule has 23 heavy (non-hydrogen) atoms. The summed E-state index contributed by atoms with van der Waals surface area (Å²) in [7, 11) is 3.80. The minimum Gasteiger partial charge on any atom is -0.457 e. The molecule has 7 nitrogen and oxygen atoms in total. The van der Waals surface area contributed by atoms with Crippen LogP contribution in [0.4, 0.5) is 0 Å². The summed E-state index contributed by atoms with van der Waals surface area (Å²) in [5.74, 6) is -1.49. The summed E-state index contributed by atoms with van der Waals surface area (Å²) in [6.45, 7) is -1.14. The molecule has 0 aromatic rings. The van der Waals surface area contributed by atoms with Crippen molar-refractivity contribution < 1.29 is 34.7 Å². The van der Waals surface area contributed by atoms with Crippen LogP contribution in [0.5, 0.6) is 0 Å². The molecule has 0 aromatic heterocycles. The Morgan fingerprint density at radius 3 is 2.78 bits per heavy atom. The first kappa shape index (κ1) is 19.3. The molecule has 0 bridgehead atoms. The molecule has 0 radical (unpaired) electrons. The molecule has 9 heteroatoms. The zero-order valence-corrected chi connectivity index (χ0v) is 14.4. The summed E-state index contributed by atoms with van der Waals surface area (Å²) in [6.07, 6.45) is -0.0797. The highest BCUT2D eigenvalue weighted by atomic mass is 33.1. The molecule has 2 heterocycles. The Hall–Kier alpha value is -0.0300. The van der Waals surface area contributed by atoms with Crippen LogP contribution < -0.4 is 0 Å². The number of unbranched alkanes of at least 4 members (excludes halogenated alkanes) is 1. The zero-order chi connectivity index (χ0) is 16.9. The highest BCUT2D eigenvalue weighted by Gasteiger charge is 2.49. The Balaban J connectivity index is 1.66. The SMILES string of the molecule is O=C(CCCCC1CCSS1)OC1COC(O)(CO)C(O)C1O. The Labute approximate surface area is 143 Å². The summed E-state index contributed by atoms with van der Waals surface area (Å²) >= 11 is 0. The maximum atomic E-state index is 11.8. The predicted molar refractivity (Wildman–Crippen MR) is 86.8 cm³/mol. The molecule has 2 fully saturated rings. The monoisotopic (exact) mass is 368 g/mol. The van der Waals surface area contributed by atoms with Gasteiger partial charge in [0.2, 0.25) is 5.79 Å². The van der Waals surface area contributed by atoms with Gasteiger partial charge in [0.25, 0.3) is 0 Å². The fraction of sp³-hybridized carbons (Fsp3) is 0.929. The normalized spacial score (nSPS) is 37.7. The van der Waals surface area contributed by atoms with Crippen molar-refractivity contribution in [2.45, 2.75) is 61.5 Å². The number of hydrogen-bond donors (Lipinski definition) is 4. The molecule has 134 valence electrons. The predicted octanol–water partition coefficient (Wildman–Crippen LogP) is 0.0452. The molecule has 2 rings (SSSR count). The number of ether oxygens (including phenoxy) is 2. The fourth-order valence-electron chi connectivity index (χ4n) is 2.56. The summed E-state index contributed by atoms with van der Waals surface area (Å²) in [5, 5.41) is 39.0. The van der Waals surface area contributed by atoms with Crippen LogP contribution in [0.1, 0.15) is 32.1 Å². The highest BCUT2D eigenvalue weighted by molar-refractivity contribution is 8.77. The van der Waals surface area contributed by atoms with Gasteiger partial charge < -0.3 is 29.9 Å². The topological polar surface area (TPSA) is 116 Å². The molecule has 0 aliphatic carbocycles. The number of carbonyl (C=O) groups is 1. The third-order valence-corrected chi connectivity index (χ3v) is 7.06. The summed E-state index contributed by atoms with van der Waals surface area (Å²) < 4.78 is 10.0. The van der Waals surface area contributed by atoms with Gasteiger partial charge in [0.15, 0.2) is 6.10 Å². The summed E-state index contributed by atoms with van der Waals surface area (Å²) in [5.41, 5.74) is 0. The average molecular weight is 368 g/mol. The van der Waals surface area contributed by atoms with Gasteiger partial charge >= 0.3 is 5.97 Å². The molecular formula is C14H24O7S2. The lowest BCUT2D eigenvalue weighted by molar-refractivity contribution is -0.332. The fourth-order valence-corrected chi connectivity index (χ4v) is 5.58. The molecule has 2 aliphatic rings. The summed E-state index contributed by atoms with van der Waals surface area (Å²) in [4.78, 5) is 11.8. The van der Waals surface area contributed by atoms with Gasteiger partial charge in [0.05, 0.1) is 13.2 Å². The zero-order valence-electron chi connectivity index (χ0n) is 12.8. The van der Waals surface area contributed by atoms with E-state index in [4.69, 9.17) is 14.6 Å². The minimum atomic E-state index is -2.22. The number of carbonyl (C=O) groups excluding carboxylic acids is 1. The van der Waals surface area contributed by atoms with E-state index in [2.05, 4.69) is 0 Å². The quantitative estimate of drug-likeness (QED) is 0.281. The van der Waals surface area contributed by atoms with E-state index in [1.807, 2.05) is 21.6 Å². The first-order valence-corrected chi connectivity index (χ1v) is 10.2. The van der Waals surface area contributed by atoms with Crippen LogP contribution >= 0.6 is 21.6 Å². The van der Waals surface area contributed by atoms with Gasteiger partial charge in [-0.05, 0) is 19.3 Å². The molecule has 0 aromatic carbocycles. The van der Waals surface area contributed by atoms with Crippen molar-refractivity contribution in [2.24, 2.45) is 0 Å². The molecule has 2 saturated heterocycles. The van der Waals surface area contributed by atoms with Crippen LogP contribution in [0.3, 0.4) is 0 Å². The molecule has 2 aliphatic heterocycles. The molecular weight excluding hydrogens is 344 g/mol. The number of hydrogen-bond acceptors (Lipinski definition) is 9. The largest absolute Gasteiger partial charge is 0.457 e. The van der Waals surface area contributed by atoms with Crippen LogP contribution in [0.2, 0.25) is 0 Å². The minimum absolute atomic E-state index is 0.244. The number of rotatable bonds is 7. The van der Waals surface area contributed by atoms with E-state index >= 15 is 0 Å². The van der Waals surface area contributed by atoms with Gasteiger partial charge in [-0.2, -0.15) is 0 Å². The third-order valence-electron chi connectivity index (χ3n) is 4.06. The number of aliphatic hydroxyl groups excluding tert-OH is 3. The second kappa shape index (κ2) is 8.89. The third kappa shape index (κ3) is 5.22. The Kier molecular flexibility index (Phi) is 7.46. The lowest BCUT2D eigenvalue weighted by Gasteiger charge is -2.41. The Morgan fingerprint density at radius 2 is 2.13 bits per heavy atom. The highest BCUT2D eigenvalue weighted by Crippen LogP contribution is 2.39. The van der Waals surface area contributed by atoms with Gasteiger partial charge in [-0.3, -0.25) is 4.79 Å². The van der Waals surface area contributed by atoms with Gasteiger partial charge in [0, 0.05) is 17.4 Å². The average Bonchev–Trinajstić information content (AvgIpc) is 3.06. The van der Waals surface area contributed by atoms with Crippen molar-refractivity contribution >= 4 is 27.6 Å². The van der Waals surface area contributed by atoms with Crippen LogP contribution in [0.25, 0.3) is 0 Å². The molecule has 5 unspecified atom stereocenters. The van der Waals surface area contributed by atoms with Crippen molar-refractivity contribution in [3.63, 3.8) is 0 Å². The van der Waals surface area contributed by atoms with E-state index in [1.165, 1.54) is 12.2 Å². The molecule has 0 amide bonds. The number of aliphatic hydroxyl groups is 4.